The first-order valence-corrected chi connectivity index (χ1v) is 4.28. The molecule has 0 saturated carbocycles. The lowest BCUT2D eigenvalue weighted by Crippen LogP contribution is -2.28. The minimum Gasteiger partial charge on any atom is -0.311 e. The molecule has 0 heterocycles. The fraction of sp³-hybridized carbons (Fsp3) is 0.750. The SMILES string of the molecule is C=CCNC(CC)CCCl. The summed E-state index contributed by atoms with van der Waals surface area (Å²) < 4.78 is 0. The van der Waals surface area contributed by atoms with E-state index in [4.69, 9.17) is 11.6 Å². The van der Waals surface area contributed by atoms with Crippen molar-refractivity contribution in [3.05, 3.63) is 12.7 Å². The third-order valence-corrected chi connectivity index (χ3v) is 1.72. The van der Waals surface area contributed by atoms with Crippen LogP contribution in [0.4, 0.5) is 0 Å². The summed E-state index contributed by atoms with van der Waals surface area (Å²) in [6, 6.07) is 0.565. The summed E-state index contributed by atoms with van der Waals surface area (Å²) >= 11 is 5.59. The molecule has 10 heavy (non-hydrogen) atoms. The van der Waals surface area contributed by atoms with Crippen molar-refractivity contribution < 1.29 is 0 Å². The van der Waals surface area contributed by atoms with Gasteiger partial charge in [0.15, 0.2) is 0 Å². The third kappa shape index (κ3) is 4.83. The Balaban J connectivity index is 3.29. The molecule has 0 aliphatic rings. The highest BCUT2D eigenvalue weighted by atomic mass is 35.5. The molecule has 1 atom stereocenters. The van der Waals surface area contributed by atoms with Crippen LogP contribution in [0.15, 0.2) is 12.7 Å². The quantitative estimate of drug-likeness (QED) is 0.465. The van der Waals surface area contributed by atoms with Crippen molar-refractivity contribution in [1.29, 1.82) is 0 Å². The second-order valence-electron chi connectivity index (χ2n) is 2.28. The molecule has 0 aromatic heterocycles. The highest BCUT2D eigenvalue weighted by Gasteiger charge is 2.01. The van der Waals surface area contributed by atoms with Crippen LogP contribution in [0.5, 0.6) is 0 Å². The van der Waals surface area contributed by atoms with E-state index < -0.39 is 0 Å². The number of alkyl halides is 1. The van der Waals surface area contributed by atoms with Gasteiger partial charge in [-0.05, 0) is 12.8 Å². The predicted molar refractivity (Wildman–Crippen MR) is 47.6 cm³/mol. The minimum atomic E-state index is 0.565. The maximum Gasteiger partial charge on any atom is 0.0238 e. The predicted octanol–water partition coefficient (Wildman–Crippen LogP) is 2.17. The Labute approximate surface area is 68.5 Å². The average Bonchev–Trinajstić information content (AvgIpc) is 1.98. The molecule has 1 N–H and O–H groups in total. The first kappa shape index (κ1) is 9.99. The van der Waals surface area contributed by atoms with Gasteiger partial charge in [-0.15, -0.1) is 18.2 Å². The first-order valence-electron chi connectivity index (χ1n) is 3.75. The molecule has 1 unspecified atom stereocenters. The van der Waals surface area contributed by atoms with E-state index in [1.165, 1.54) is 0 Å². The second-order valence-corrected chi connectivity index (χ2v) is 2.66. The van der Waals surface area contributed by atoms with Gasteiger partial charge in [0.1, 0.15) is 0 Å². The Morgan fingerprint density at radius 1 is 1.70 bits per heavy atom. The molecule has 60 valence electrons. The van der Waals surface area contributed by atoms with Crippen molar-refractivity contribution in [2.45, 2.75) is 25.8 Å². The van der Waals surface area contributed by atoms with E-state index in [1.807, 2.05) is 6.08 Å². The van der Waals surface area contributed by atoms with Crippen LogP contribution in [0.1, 0.15) is 19.8 Å². The zero-order chi connectivity index (χ0) is 7.82. The summed E-state index contributed by atoms with van der Waals surface area (Å²) in [7, 11) is 0. The van der Waals surface area contributed by atoms with Crippen LogP contribution < -0.4 is 5.32 Å². The van der Waals surface area contributed by atoms with E-state index in [2.05, 4.69) is 18.8 Å². The average molecular weight is 162 g/mol. The highest BCUT2D eigenvalue weighted by Crippen LogP contribution is 1.98. The fourth-order valence-corrected chi connectivity index (χ4v) is 1.10. The normalized spacial score (nSPS) is 13.0. The maximum atomic E-state index is 5.59. The van der Waals surface area contributed by atoms with Crippen molar-refractivity contribution in [3.8, 4) is 0 Å². The van der Waals surface area contributed by atoms with Gasteiger partial charge in [0.2, 0.25) is 0 Å². The summed E-state index contributed by atoms with van der Waals surface area (Å²) in [5.41, 5.74) is 0. The van der Waals surface area contributed by atoms with E-state index >= 15 is 0 Å². The van der Waals surface area contributed by atoms with Gasteiger partial charge in [-0.1, -0.05) is 13.0 Å². The molecule has 0 bridgehead atoms. The topological polar surface area (TPSA) is 12.0 Å². The van der Waals surface area contributed by atoms with E-state index in [1.54, 1.807) is 0 Å². The van der Waals surface area contributed by atoms with Gasteiger partial charge in [-0.2, -0.15) is 0 Å². The molecule has 0 fully saturated rings. The summed E-state index contributed by atoms with van der Waals surface area (Å²) in [4.78, 5) is 0. The number of hydrogen-bond donors (Lipinski definition) is 1. The summed E-state index contributed by atoms with van der Waals surface area (Å²) in [5.74, 6) is 0.739. The molecule has 0 amide bonds. The molecule has 0 radical (unpaired) electrons. The highest BCUT2D eigenvalue weighted by molar-refractivity contribution is 6.17. The van der Waals surface area contributed by atoms with Crippen LogP contribution >= 0.6 is 11.6 Å². The number of halogens is 1. The first-order chi connectivity index (χ1) is 4.85. The zero-order valence-corrected chi connectivity index (χ0v) is 7.32. The van der Waals surface area contributed by atoms with Crippen molar-refractivity contribution >= 4 is 11.6 Å². The third-order valence-electron chi connectivity index (χ3n) is 1.50. The number of rotatable bonds is 6. The van der Waals surface area contributed by atoms with E-state index in [0.717, 1.165) is 25.3 Å². The van der Waals surface area contributed by atoms with Gasteiger partial charge in [0.05, 0.1) is 0 Å². The largest absolute Gasteiger partial charge is 0.311 e. The Morgan fingerprint density at radius 2 is 2.40 bits per heavy atom. The van der Waals surface area contributed by atoms with Gasteiger partial charge < -0.3 is 5.32 Å². The Morgan fingerprint density at radius 3 is 2.80 bits per heavy atom. The molecule has 2 heteroatoms. The maximum absolute atomic E-state index is 5.59. The van der Waals surface area contributed by atoms with Crippen LogP contribution in [0.3, 0.4) is 0 Å². The van der Waals surface area contributed by atoms with Gasteiger partial charge >= 0.3 is 0 Å². The molecule has 0 aliphatic carbocycles. The van der Waals surface area contributed by atoms with Crippen molar-refractivity contribution in [3.63, 3.8) is 0 Å². The monoisotopic (exact) mass is 161 g/mol. The zero-order valence-electron chi connectivity index (χ0n) is 6.57. The van der Waals surface area contributed by atoms with Crippen molar-refractivity contribution in [2.75, 3.05) is 12.4 Å². The van der Waals surface area contributed by atoms with Gasteiger partial charge in [-0.3, -0.25) is 0 Å². The molecular weight excluding hydrogens is 146 g/mol. The number of nitrogens with one attached hydrogen (secondary N) is 1. The summed E-state index contributed by atoms with van der Waals surface area (Å²) in [5, 5.41) is 3.32. The molecule has 0 aromatic carbocycles. The van der Waals surface area contributed by atoms with Crippen LogP contribution in [0, 0.1) is 0 Å². The Hall–Kier alpha value is -0.0100. The standard InChI is InChI=1S/C8H16ClN/c1-3-7-10-8(4-2)5-6-9/h3,8,10H,1,4-7H2,2H3. The fourth-order valence-electron chi connectivity index (χ4n) is 0.832. The second kappa shape index (κ2) is 7.10. The summed E-state index contributed by atoms with van der Waals surface area (Å²) in [6.07, 6.45) is 4.06. The van der Waals surface area contributed by atoms with Gasteiger partial charge in [0, 0.05) is 18.5 Å². The molecular formula is C8H16ClN. The molecule has 0 aliphatic heterocycles. The van der Waals surface area contributed by atoms with Crippen LogP contribution in [0.2, 0.25) is 0 Å². The molecule has 0 spiro atoms. The van der Waals surface area contributed by atoms with Crippen molar-refractivity contribution in [1.82, 2.24) is 5.32 Å². The minimum absolute atomic E-state index is 0.565. The lowest BCUT2D eigenvalue weighted by atomic mass is 10.2. The molecule has 0 aromatic rings. The smallest absolute Gasteiger partial charge is 0.0238 e. The van der Waals surface area contributed by atoms with Gasteiger partial charge in [0.25, 0.3) is 0 Å². The van der Waals surface area contributed by atoms with Gasteiger partial charge in [-0.25, -0.2) is 0 Å². The lowest BCUT2D eigenvalue weighted by molar-refractivity contribution is 0.513. The van der Waals surface area contributed by atoms with E-state index in [9.17, 15) is 0 Å². The van der Waals surface area contributed by atoms with Crippen molar-refractivity contribution in [2.24, 2.45) is 0 Å². The lowest BCUT2D eigenvalue weighted by Gasteiger charge is -2.13. The Bertz CT molecular complexity index is 83.3. The van der Waals surface area contributed by atoms with E-state index in [0.29, 0.717) is 6.04 Å². The van der Waals surface area contributed by atoms with Crippen LogP contribution in [-0.4, -0.2) is 18.5 Å². The van der Waals surface area contributed by atoms with Crippen LogP contribution in [-0.2, 0) is 0 Å². The Kier molecular flexibility index (Phi) is 7.09. The molecule has 1 nitrogen and oxygen atoms in total. The molecule has 0 saturated heterocycles. The number of hydrogen-bond acceptors (Lipinski definition) is 1. The van der Waals surface area contributed by atoms with E-state index in [-0.39, 0.29) is 0 Å². The summed E-state index contributed by atoms with van der Waals surface area (Å²) in [6.45, 7) is 6.68. The van der Waals surface area contributed by atoms with Crippen LogP contribution in [0.25, 0.3) is 0 Å². The molecule has 0 rings (SSSR count).